The molecule has 0 aliphatic heterocycles. The Hall–Kier alpha value is -1.04. The van der Waals surface area contributed by atoms with E-state index in [1.54, 1.807) is 11.3 Å². The molecule has 1 atom stereocenters. The normalized spacial score (nSPS) is 12.4. The lowest BCUT2D eigenvalue weighted by atomic mass is 10.2. The molecule has 0 amide bonds. The van der Waals surface area contributed by atoms with E-state index in [-0.39, 0.29) is 6.04 Å². The van der Waals surface area contributed by atoms with Crippen molar-refractivity contribution in [3.05, 3.63) is 45.1 Å². The van der Waals surface area contributed by atoms with Crippen LogP contribution in [0.15, 0.2) is 40.2 Å². The summed E-state index contributed by atoms with van der Waals surface area (Å²) >= 11 is 5.25. The zero-order chi connectivity index (χ0) is 15.2. The van der Waals surface area contributed by atoms with Crippen LogP contribution in [-0.4, -0.2) is 32.1 Å². The van der Waals surface area contributed by atoms with Gasteiger partial charge in [-0.3, -0.25) is 0 Å². The molecule has 1 N–H and O–H groups in total. The summed E-state index contributed by atoms with van der Waals surface area (Å²) in [5.41, 5.74) is 1.08. The van der Waals surface area contributed by atoms with Gasteiger partial charge in [-0.1, -0.05) is 6.07 Å². The van der Waals surface area contributed by atoms with Crippen molar-refractivity contribution in [3.8, 4) is 5.75 Å². The summed E-state index contributed by atoms with van der Waals surface area (Å²) < 4.78 is 6.90. The van der Waals surface area contributed by atoms with Crippen molar-refractivity contribution in [2.45, 2.75) is 13.0 Å². The third-order valence-electron chi connectivity index (χ3n) is 3.04. The fraction of sp³-hybridized carbons (Fsp3) is 0.375. The molecule has 0 saturated heterocycles. The van der Waals surface area contributed by atoms with Gasteiger partial charge in [0, 0.05) is 33.0 Å². The van der Waals surface area contributed by atoms with Gasteiger partial charge in [0.15, 0.2) is 0 Å². The first-order valence-corrected chi connectivity index (χ1v) is 8.60. The molecule has 1 aromatic heterocycles. The SMILES string of the molecule is CC(Nc1cccc(OCCN(C)C)c1)c1cc(Br)cs1. The van der Waals surface area contributed by atoms with Crippen LogP contribution < -0.4 is 10.1 Å². The third kappa shape index (κ3) is 5.34. The van der Waals surface area contributed by atoms with Gasteiger partial charge in [-0.2, -0.15) is 0 Å². The van der Waals surface area contributed by atoms with E-state index < -0.39 is 0 Å². The summed E-state index contributed by atoms with van der Waals surface area (Å²) in [6.45, 7) is 3.78. The molecule has 0 aliphatic rings. The van der Waals surface area contributed by atoms with Gasteiger partial charge in [-0.25, -0.2) is 0 Å². The van der Waals surface area contributed by atoms with E-state index in [9.17, 15) is 0 Å². The summed E-state index contributed by atoms with van der Waals surface area (Å²) in [7, 11) is 4.09. The first-order valence-electron chi connectivity index (χ1n) is 6.92. The van der Waals surface area contributed by atoms with Gasteiger partial charge in [-0.15, -0.1) is 11.3 Å². The number of halogens is 1. The third-order valence-corrected chi connectivity index (χ3v) is 4.92. The highest BCUT2D eigenvalue weighted by molar-refractivity contribution is 9.10. The number of hydrogen-bond acceptors (Lipinski definition) is 4. The van der Waals surface area contributed by atoms with Crippen LogP contribution >= 0.6 is 27.3 Å². The van der Waals surface area contributed by atoms with Crippen molar-refractivity contribution in [1.29, 1.82) is 0 Å². The van der Waals surface area contributed by atoms with Crippen molar-refractivity contribution in [2.75, 3.05) is 32.6 Å². The van der Waals surface area contributed by atoms with Crippen LogP contribution in [0, 0.1) is 0 Å². The molecule has 0 saturated carbocycles. The minimum Gasteiger partial charge on any atom is -0.492 e. The summed E-state index contributed by atoms with van der Waals surface area (Å²) in [5.74, 6) is 0.904. The highest BCUT2D eigenvalue weighted by Crippen LogP contribution is 2.28. The van der Waals surface area contributed by atoms with E-state index in [0.717, 1.165) is 22.5 Å². The zero-order valence-electron chi connectivity index (χ0n) is 12.6. The second kappa shape index (κ2) is 7.82. The number of thiophene rings is 1. The zero-order valence-corrected chi connectivity index (χ0v) is 15.0. The molecule has 21 heavy (non-hydrogen) atoms. The summed E-state index contributed by atoms with van der Waals surface area (Å²) in [4.78, 5) is 3.42. The van der Waals surface area contributed by atoms with Crippen LogP contribution in [0.5, 0.6) is 5.75 Å². The Morgan fingerprint density at radius 1 is 1.33 bits per heavy atom. The van der Waals surface area contributed by atoms with Crippen molar-refractivity contribution in [1.82, 2.24) is 4.90 Å². The summed E-state index contributed by atoms with van der Waals surface area (Å²) in [6.07, 6.45) is 0. The lowest BCUT2D eigenvalue weighted by Crippen LogP contribution is -2.19. The Balaban J connectivity index is 1.94. The maximum Gasteiger partial charge on any atom is 0.121 e. The fourth-order valence-corrected chi connectivity index (χ4v) is 3.35. The molecular formula is C16H21BrN2OS. The highest BCUT2D eigenvalue weighted by atomic mass is 79.9. The van der Waals surface area contributed by atoms with Crippen LogP contribution in [0.4, 0.5) is 5.69 Å². The average molecular weight is 369 g/mol. The molecule has 1 aromatic carbocycles. The smallest absolute Gasteiger partial charge is 0.121 e. The number of benzene rings is 1. The van der Waals surface area contributed by atoms with E-state index >= 15 is 0 Å². The first-order chi connectivity index (χ1) is 10.0. The number of ether oxygens (including phenoxy) is 1. The minimum atomic E-state index is 0.276. The van der Waals surface area contributed by atoms with Gasteiger partial charge in [0.05, 0.1) is 6.04 Å². The maximum absolute atomic E-state index is 5.76. The van der Waals surface area contributed by atoms with Gasteiger partial charge in [0.2, 0.25) is 0 Å². The lowest BCUT2D eigenvalue weighted by Gasteiger charge is -2.15. The molecule has 1 heterocycles. The van der Waals surface area contributed by atoms with Gasteiger partial charge in [-0.05, 0) is 55.1 Å². The molecule has 0 radical (unpaired) electrons. The Bertz CT molecular complexity index is 571. The fourth-order valence-electron chi connectivity index (χ4n) is 1.90. The molecule has 2 rings (SSSR count). The number of likely N-dealkylation sites (N-methyl/N-ethyl adjacent to an activating group) is 1. The van der Waals surface area contributed by atoms with Crippen LogP contribution in [-0.2, 0) is 0 Å². The van der Waals surface area contributed by atoms with Crippen LogP contribution in [0.25, 0.3) is 0 Å². The van der Waals surface area contributed by atoms with Crippen molar-refractivity contribution in [2.24, 2.45) is 0 Å². The molecule has 0 fully saturated rings. The predicted octanol–water partition coefficient (Wildman–Crippen LogP) is 4.62. The molecule has 0 spiro atoms. The summed E-state index contributed by atoms with van der Waals surface area (Å²) in [6, 6.07) is 10.6. The van der Waals surface area contributed by atoms with E-state index in [2.05, 4.69) is 56.6 Å². The minimum absolute atomic E-state index is 0.276. The van der Waals surface area contributed by atoms with Crippen LogP contribution in [0.2, 0.25) is 0 Å². The number of hydrogen-bond donors (Lipinski definition) is 1. The number of rotatable bonds is 7. The highest BCUT2D eigenvalue weighted by Gasteiger charge is 2.08. The number of anilines is 1. The van der Waals surface area contributed by atoms with E-state index in [4.69, 9.17) is 4.74 Å². The topological polar surface area (TPSA) is 24.5 Å². The summed E-state index contributed by atoms with van der Waals surface area (Å²) in [5, 5.41) is 5.62. The molecule has 1 unspecified atom stereocenters. The monoisotopic (exact) mass is 368 g/mol. The lowest BCUT2D eigenvalue weighted by molar-refractivity contribution is 0.261. The Labute approximate surface area is 139 Å². The molecule has 0 aliphatic carbocycles. The molecule has 5 heteroatoms. The Morgan fingerprint density at radius 2 is 2.14 bits per heavy atom. The number of nitrogens with one attached hydrogen (secondary N) is 1. The van der Waals surface area contributed by atoms with Crippen molar-refractivity contribution < 1.29 is 4.74 Å². The first kappa shape index (κ1) is 16.3. The number of nitrogens with zero attached hydrogens (tertiary/aromatic N) is 1. The molecule has 0 bridgehead atoms. The van der Waals surface area contributed by atoms with Crippen LogP contribution in [0.1, 0.15) is 17.8 Å². The average Bonchev–Trinajstić information content (AvgIpc) is 2.85. The largest absolute Gasteiger partial charge is 0.492 e. The second-order valence-electron chi connectivity index (χ2n) is 5.21. The second-order valence-corrected chi connectivity index (χ2v) is 7.07. The van der Waals surface area contributed by atoms with Crippen LogP contribution in [0.3, 0.4) is 0 Å². The van der Waals surface area contributed by atoms with Crippen molar-refractivity contribution >= 4 is 33.0 Å². The van der Waals surface area contributed by atoms with Gasteiger partial charge < -0.3 is 15.0 Å². The van der Waals surface area contributed by atoms with E-state index in [0.29, 0.717) is 6.61 Å². The quantitative estimate of drug-likeness (QED) is 0.771. The van der Waals surface area contributed by atoms with E-state index in [1.807, 2.05) is 26.2 Å². The molecule has 114 valence electrons. The Kier molecular flexibility index (Phi) is 6.08. The molecular weight excluding hydrogens is 348 g/mol. The van der Waals surface area contributed by atoms with Crippen molar-refractivity contribution in [3.63, 3.8) is 0 Å². The van der Waals surface area contributed by atoms with E-state index in [1.165, 1.54) is 4.88 Å². The van der Waals surface area contributed by atoms with Gasteiger partial charge in [0.1, 0.15) is 12.4 Å². The maximum atomic E-state index is 5.76. The van der Waals surface area contributed by atoms with Gasteiger partial charge >= 0.3 is 0 Å². The van der Waals surface area contributed by atoms with Gasteiger partial charge in [0.25, 0.3) is 0 Å². The Morgan fingerprint density at radius 3 is 2.81 bits per heavy atom. The molecule has 3 nitrogen and oxygen atoms in total. The molecule has 2 aromatic rings. The predicted molar refractivity (Wildman–Crippen MR) is 94.5 cm³/mol. The standard InChI is InChI=1S/C16H21BrN2OS/c1-12(16-9-13(17)11-21-16)18-14-5-4-6-15(10-14)20-8-7-19(2)3/h4-6,9-12,18H,7-8H2,1-3H3.